The lowest BCUT2D eigenvalue weighted by Gasteiger charge is -2.12. The first-order chi connectivity index (χ1) is 9.90. The van der Waals surface area contributed by atoms with E-state index in [-0.39, 0.29) is 12.2 Å². The number of nitrogens with two attached hydrogens (primary N) is 1. The minimum atomic E-state index is -1.34. The van der Waals surface area contributed by atoms with Gasteiger partial charge in [0.2, 0.25) is 5.91 Å². The van der Waals surface area contributed by atoms with E-state index < -0.39 is 16.9 Å². The smallest absolute Gasteiger partial charge is 0.278 e. The highest BCUT2D eigenvalue weighted by Crippen LogP contribution is 2.31. The molecule has 1 heterocycles. The number of rotatable bonds is 5. The molecule has 8 heteroatoms. The molecule has 1 aromatic carbocycles. The Morgan fingerprint density at radius 2 is 2.24 bits per heavy atom. The lowest BCUT2D eigenvalue weighted by atomic mass is 10.1. The number of non-ortho nitro benzene ring substituents is 1. The van der Waals surface area contributed by atoms with E-state index in [4.69, 9.17) is 5.73 Å². The maximum Gasteiger partial charge on any atom is 0.278 e. The van der Waals surface area contributed by atoms with E-state index in [9.17, 15) is 20.0 Å². The summed E-state index contributed by atoms with van der Waals surface area (Å²) in [7, 11) is 0. The SMILES string of the molecule is Cc1cc2c(NCC(O)C(N)=O)ccc([N+](=O)[O-])c2cn1. The number of carbonyl (C=O) groups is 1. The third kappa shape index (κ3) is 3.06. The Kier molecular flexibility index (Phi) is 3.99. The van der Waals surface area contributed by atoms with Gasteiger partial charge in [0.15, 0.2) is 0 Å². The number of pyridine rings is 1. The minimum Gasteiger partial charge on any atom is -0.381 e. The van der Waals surface area contributed by atoms with Crippen LogP contribution in [0.4, 0.5) is 11.4 Å². The summed E-state index contributed by atoms with van der Waals surface area (Å²) in [5.41, 5.74) is 6.17. The number of primary amides is 1. The lowest BCUT2D eigenvalue weighted by Crippen LogP contribution is -2.34. The number of nitrogens with zero attached hydrogens (tertiary/aromatic N) is 2. The van der Waals surface area contributed by atoms with Gasteiger partial charge in [0.05, 0.1) is 10.3 Å². The Morgan fingerprint density at radius 3 is 2.86 bits per heavy atom. The molecule has 110 valence electrons. The number of anilines is 1. The third-order valence-electron chi connectivity index (χ3n) is 3.03. The van der Waals surface area contributed by atoms with Gasteiger partial charge in [-0.15, -0.1) is 0 Å². The van der Waals surface area contributed by atoms with Crippen molar-refractivity contribution in [2.24, 2.45) is 5.73 Å². The summed E-state index contributed by atoms with van der Waals surface area (Å²) in [4.78, 5) is 25.4. The van der Waals surface area contributed by atoms with Gasteiger partial charge in [-0.1, -0.05) is 0 Å². The molecular weight excluding hydrogens is 276 g/mol. The molecule has 2 aromatic rings. The molecule has 0 aliphatic rings. The highest BCUT2D eigenvalue weighted by molar-refractivity contribution is 5.99. The molecule has 0 radical (unpaired) electrons. The van der Waals surface area contributed by atoms with Crippen molar-refractivity contribution in [3.05, 3.63) is 40.2 Å². The molecule has 2 rings (SSSR count). The van der Waals surface area contributed by atoms with E-state index >= 15 is 0 Å². The molecule has 1 amide bonds. The second kappa shape index (κ2) is 5.71. The first-order valence-electron chi connectivity index (χ1n) is 6.15. The van der Waals surface area contributed by atoms with Crippen LogP contribution >= 0.6 is 0 Å². The molecule has 21 heavy (non-hydrogen) atoms. The molecule has 0 aliphatic heterocycles. The molecule has 1 atom stereocenters. The summed E-state index contributed by atoms with van der Waals surface area (Å²) >= 11 is 0. The van der Waals surface area contributed by atoms with Crippen molar-refractivity contribution in [1.82, 2.24) is 4.98 Å². The Labute approximate surface area is 119 Å². The molecule has 0 saturated carbocycles. The Morgan fingerprint density at radius 1 is 1.52 bits per heavy atom. The van der Waals surface area contributed by atoms with Crippen LogP contribution in [0, 0.1) is 17.0 Å². The number of nitro benzene ring substituents is 1. The van der Waals surface area contributed by atoms with Crippen LogP contribution in [-0.4, -0.2) is 33.6 Å². The molecule has 8 nitrogen and oxygen atoms in total. The van der Waals surface area contributed by atoms with Crippen LogP contribution < -0.4 is 11.1 Å². The van der Waals surface area contributed by atoms with E-state index in [0.29, 0.717) is 22.2 Å². The fourth-order valence-corrected chi connectivity index (χ4v) is 1.95. The zero-order chi connectivity index (χ0) is 15.6. The van der Waals surface area contributed by atoms with E-state index in [1.807, 2.05) is 0 Å². The number of aliphatic hydroxyl groups is 1. The lowest BCUT2D eigenvalue weighted by molar-refractivity contribution is -0.383. The van der Waals surface area contributed by atoms with Gasteiger partial charge >= 0.3 is 0 Å². The minimum absolute atomic E-state index is 0.0569. The number of hydrogen-bond acceptors (Lipinski definition) is 6. The van der Waals surface area contributed by atoms with E-state index in [0.717, 1.165) is 0 Å². The molecule has 1 aromatic heterocycles. The van der Waals surface area contributed by atoms with Crippen molar-refractivity contribution in [2.45, 2.75) is 13.0 Å². The van der Waals surface area contributed by atoms with Gasteiger partial charge in [-0.25, -0.2) is 0 Å². The Bertz CT molecular complexity index is 717. The number of nitro groups is 1. The molecule has 0 saturated heterocycles. The van der Waals surface area contributed by atoms with Crippen LogP contribution in [0.2, 0.25) is 0 Å². The number of amides is 1. The van der Waals surface area contributed by atoms with Crippen molar-refractivity contribution < 1.29 is 14.8 Å². The number of benzene rings is 1. The Hall–Kier alpha value is -2.74. The number of fused-ring (bicyclic) bond motifs is 1. The van der Waals surface area contributed by atoms with E-state index in [1.54, 1.807) is 13.0 Å². The predicted octanol–water partition coefficient (Wildman–Crippen LogP) is 0.710. The molecule has 1 unspecified atom stereocenters. The van der Waals surface area contributed by atoms with Gasteiger partial charge in [0.25, 0.3) is 5.69 Å². The van der Waals surface area contributed by atoms with Crippen LogP contribution in [0.1, 0.15) is 5.69 Å². The van der Waals surface area contributed by atoms with Crippen molar-refractivity contribution in [2.75, 3.05) is 11.9 Å². The standard InChI is InChI=1S/C13H14N4O4/c1-7-4-8-9(5-15-7)11(17(20)21)3-2-10(8)16-6-12(18)13(14)19/h2-5,12,16,18H,6H2,1H3,(H2,14,19). The number of aliphatic hydroxyl groups excluding tert-OH is 1. The van der Waals surface area contributed by atoms with Crippen molar-refractivity contribution in [1.29, 1.82) is 0 Å². The third-order valence-corrected chi connectivity index (χ3v) is 3.03. The van der Waals surface area contributed by atoms with Gasteiger partial charge in [0.1, 0.15) is 6.10 Å². The summed E-state index contributed by atoms with van der Waals surface area (Å²) in [6.07, 6.45) is 0.0940. The highest BCUT2D eigenvalue weighted by Gasteiger charge is 2.16. The topological polar surface area (TPSA) is 131 Å². The second-order valence-electron chi connectivity index (χ2n) is 4.56. The first kappa shape index (κ1) is 14.7. The molecule has 0 bridgehead atoms. The largest absolute Gasteiger partial charge is 0.381 e. The van der Waals surface area contributed by atoms with Gasteiger partial charge in [-0.2, -0.15) is 0 Å². The average Bonchev–Trinajstić information content (AvgIpc) is 2.43. The molecule has 4 N–H and O–H groups in total. The average molecular weight is 290 g/mol. The number of hydrogen-bond donors (Lipinski definition) is 3. The van der Waals surface area contributed by atoms with Crippen LogP contribution in [0.3, 0.4) is 0 Å². The zero-order valence-electron chi connectivity index (χ0n) is 11.2. The monoisotopic (exact) mass is 290 g/mol. The van der Waals surface area contributed by atoms with Gasteiger partial charge in [-0.05, 0) is 19.1 Å². The van der Waals surface area contributed by atoms with E-state index in [2.05, 4.69) is 10.3 Å². The predicted molar refractivity (Wildman–Crippen MR) is 76.8 cm³/mol. The summed E-state index contributed by atoms with van der Waals surface area (Å²) in [6.45, 7) is 1.68. The molecule has 0 aliphatic carbocycles. The van der Waals surface area contributed by atoms with Crippen molar-refractivity contribution in [3.8, 4) is 0 Å². The second-order valence-corrected chi connectivity index (χ2v) is 4.56. The van der Waals surface area contributed by atoms with Crippen LogP contribution in [-0.2, 0) is 4.79 Å². The number of nitrogens with one attached hydrogen (secondary N) is 1. The maximum atomic E-state index is 11.0. The van der Waals surface area contributed by atoms with Crippen LogP contribution in [0.25, 0.3) is 10.8 Å². The fourth-order valence-electron chi connectivity index (χ4n) is 1.95. The van der Waals surface area contributed by atoms with Crippen molar-refractivity contribution in [3.63, 3.8) is 0 Å². The molecule has 0 spiro atoms. The fraction of sp³-hybridized carbons (Fsp3) is 0.231. The normalized spacial score (nSPS) is 12.1. The zero-order valence-corrected chi connectivity index (χ0v) is 11.2. The summed E-state index contributed by atoms with van der Waals surface area (Å²) in [5.74, 6) is -0.841. The summed E-state index contributed by atoms with van der Waals surface area (Å²) in [5, 5.41) is 24.3. The number of aromatic nitrogens is 1. The van der Waals surface area contributed by atoms with E-state index in [1.165, 1.54) is 18.3 Å². The van der Waals surface area contributed by atoms with Crippen LogP contribution in [0.15, 0.2) is 24.4 Å². The number of carbonyl (C=O) groups excluding carboxylic acids is 1. The van der Waals surface area contributed by atoms with Gasteiger partial charge < -0.3 is 16.2 Å². The summed E-state index contributed by atoms with van der Waals surface area (Å²) < 4.78 is 0. The molecular formula is C13H14N4O4. The quantitative estimate of drug-likeness (QED) is 0.549. The Balaban J connectivity index is 2.45. The van der Waals surface area contributed by atoms with Crippen molar-refractivity contribution >= 4 is 28.1 Å². The summed E-state index contributed by atoms with van der Waals surface area (Å²) in [6, 6.07) is 4.56. The first-order valence-corrected chi connectivity index (χ1v) is 6.15. The number of aryl methyl sites for hydroxylation is 1. The van der Waals surface area contributed by atoms with Gasteiger partial charge in [0, 0.05) is 35.6 Å². The highest BCUT2D eigenvalue weighted by atomic mass is 16.6. The maximum absolute atomic E-state index is 11.0. The van der Waals surface area contributed by atoms with Crippen LogP contribution in [0.5, 0.6) is 0 Å². The molecule has 0 fully saturated rings. The van der Waals surface area contributed by atoms with Gasteiger partial charge in [-0.3, -0.25) is 19.9 Å².